The van der Waals surface area contributed by atoms with E-state index in [-0.39, 0.29) is 11.7 Å². The summed E-state index contributed by atoms with van der Waals surface area (Å²) in [7, 11) is 0. The molecule has 8 heteroatoms. The van der Waals surface area contributed by atoms with Crippen molar-refractivity contribution in [2.45, 2.75) is 39.1 Å². The molecule has 0 saturated carbocycles. The summed E-state index contributed by atoms with van der Waals surface area (Å²) in [5.74, 6) is -2.99. The molecule has 1 heterocycles. The Hall–Kier alpha value is -2.84. The summed E-state index contributed by atoms with van der Waals surface area (Å²) < 4.78 is 29.5. The maximum absolute atomic E-state index is 13.8. The highest BCUT2D eigenvalue weighted by Crippen LogP contribution is 2.23. The molecule has 0 aliphatic heterocycles. The lowest BCUT2D eigenvalue weighted by Crippen LogP contribution is -2.25. The lowest BCUT2D eigenvalue weighted by molar-refractivity contribution is -0.183. The molecule has 0 amide bonds. The molecular formula is C20H22FNO6. The number of rotatable bonds is 9. The van der Waals surface area contributed by atoms with Crippen molar-refractivity contribution in [3.63, 3.8) is 0 Å². The van der Waals surface area contributed by atoms with Crippen LogP contribution in [0.15, 0.2) is 42.7 Å². The van der Waals surface area contributed by atoms with Gasteiger partial charge < -0.3 is 19.3 Å². The zero-order valence-corrected chi connectivity index (χ0v) is 15.8. The summed E-state index contributed by atoms with van der Waals surface area (Å²) in [5.41, 5.74) is 1.40. The van der Waals surface area contributed by atoms with Gasteiger partial charge in [0, 0.05) is 11.8 Å². The molecule has 1 aromatic carbocycles. The van der Waals surface area contributed by atoms with Crippen LogP contribution < -0.4 is 0 Å². The Morgan fingerprint density at radius 2 is 1.82 bits per heavy atom. The van der Waals surface area contributed by atoms with E-state index in [2.05, 4.69) is 4.98 Å². The highest BCUT2D eigenvalue weighted by Gasteiger charge is 2.27. The van der Waals surface area contributed by atoms with Gasteiger partial charge in [-0.15, -0.1) is 0 Å². The number of nitrogens with zero attached hydrogens (tertiary/aromatic N) is 1. The SMILES string of the molecule is Cc1ccc([C@H](OC(C)C)C(=O)OCO[C@H](C(=O)O)c2ccncc2F)cc1. The summed E-state index contributed by atoms with van der Waals surface area (Å²) in [6, 6.07) is 8.35. The average molecular weight is 391 g/mol. The van der Waals surface area contributed by atoms with Crippen LogP contribution >= 0.6 is 0 Å². The van der Waals surface area contributed by atoms with Gasteiger partial charge in [0.2, 0.25) is 0 Å². The number of benzene rings is 1. The summed E-state index contributed by atoms with van der Waals surface area (Å²) >= 11 is 0. The fraction of sp³-hybridized carbons (Fsp3) is 0.350. The van der Waals surface area contributed by atoms with Crippen molar-refractivity contribution in [2.75, 3.05) is 6.79 Å². The highest BCUT2D eigenvalue weighted by molar-refractivity contribution is 5.77. The van der Waals surface area contributed by atoms with E-state index >= 15 is 0 Å². The van der Waals surface area contributed by atoms with E-state index in [9.17, 15) is 19.1 Å². The quantitative estimate of drug-likeness (QED) is 0.517. The topological polar surface area (TPSA) is 95.0 Å². The first-order valence-electron chi connectivity index (χ1n) is 8.62. The molecular weight excluding hydrogens is 369 g/mol. The van der Waals surface area contributed by atoms with Gasteiger partial charge in [-0.1, -0.05) is 29.8 Å². The summed E-state index contributed by atoms with van der Waals surface area (Å²) in [6.45, 7) is 4.79. The molecule has 0 saturated heterocycles. The van der Waals surface area contributed by atoms with E-state index in [1.165, 1.54) is 12.3 Å². The summed E-state index contributed by atoms with van der Waals surface area (Å²) in [4.78, 5) is 27.4. The predicted molar refractivity (Wildman–Crippen MR) is 96.8 cm³/mol. The number of aryl methyl sites for hydroxylation is 1. The number of hydrogen-bond acceptors (Lipinski definition) is 6. The predicted octanol–water partition coefficient (Wildman–Crippen LogP) is 3.34. The number of hydrogen-bond donors (Lipinski definition) is 1. The molecule has 2 aromatic rings. The number of aliphatic carboxylic acids is 1. The van der Waals surface area contributed by atoms with Gasteiger partial charge in [-0.05, 0) is 32.4 Å². The second-order valence-corrected chi connectivity index (χ2v) is 6.34. The minimum atomic E-state index is -1.64. The number of carboxylic acids is 1. The normalized spacial score (nSPS) is 13.2. The first kappa shape index (κ1) is 21.5. The zero-order valence-electron chi connectivity index (χ0n) is 15.8. The number of esters is 1. The number of carbonyl (C=O) groups is 2. The Bertz CT molecular complexity index is 809. The Labute approximate surface area is 162 Å². The van der Waals surface area contributed by atoms with Crippen molar-refractivity contribution >= 4 is 11.9 Å². The molecule has 0 spiro atoms. The van der Waals surface area contributed by atoms with Gasteiger partial charge in [0.1, 0.15) is 5.82 Å². The first-order chi connectivity index (χ1) is 13.3. The lowest BCUT2D eigenvalue weighted by atomic mass is 10.1. The van der Waals surface area contributed by atoms with Crippen LogP contribution in [0, 0.1) is 12.7 Å². The van der Waals surface area contributed by atoms with E-state index in [0.29, 0.717) is 5.56 Å². The Morgan fingerprint density at radius 1 is 1.14 bits per heavy atom. The van der Waals surface area contributed by atoms with Gasteiger partial charge >= 0.3 is 11.9 Å². The van der Waals surface area contributed by atoms with Gasteiger partial charge in [-0.3, -0.25) is 4.98 Å². The van der Waals surface area contributed by atoms with E-state index in [0.717, 1.165) is 11.8 Å². The number of pyridine rings is 1. The third kappa shape index (κ3) is 5.83. The van der Waals surface area contributed by atoms with E-state index in [4.69, 9.17) is 14.2 Å². The molecule has 0 bridgehead atoms. The fourth-order valence-electron chi connectivity index (χ4n) is 2.41. The van der Waals surface area contributed by atoms with Crippen LogP contribution in [0.3, 0.4) is 0 Å². The third-order valence-electron chi connectivity index (χ3n) is 3.75. The number of aromatic nitrogens is 1. The van der Waals surface area contributed by atoms with Crippen molar-refractivity contribution in [1.82, 2.24) is 4.98 Å². The van der Waals surface area contributed by atoms with Gasteiger partial charge in [0.05, 0.1) is 12.3 Å². The molecule has 28 heavy (non-hydrogen) atoms. The second-order valence-electron chi connectivity index (χ2n) is 6.34. The molecule has 0 radical (unpaired) electrons. The zero-order chi connectivity index (χ0) is 20.7. The van der Waals surface area contributed by atoms with Crippen molar-refractivity contribution < 1.29 is 33.3 Å². The first-order valence-corrected chi connectivity index (χ1v) is 8.62. The minimum absolute atomic E-state index is 0.216. The Kier molecular flexibility index (Phi) is 7.60. The standard InChI is InChI=1S/C20H22FNO6/c1-12(2)28-17(14-6-4-13(3)5-7-14)20(25)27-11-26-18(19(23)24)15-8-9-22-10-16(15)21/h4-10,12,17-18H,11H2,1-3H3,(H,23,24)/t17-,18-/m0/s1. The van der Waals surface area contributed by atoms with Crippen molar-refractivity contribution in [1.29, 1.82) is 0 Å². The van der Waals surface area contributed by atoms with Crippen molar-refractivity contribution in [3.8, 4) is 0 Å². The Morgan fingerprint density at radius 3 is 2.39 bits per heavy atom. The van der Waals surface area contributed by atoms with Crippen molar-refractivity contribution in [2.24, 2.45) is 0 Å². The van der Waals surface area contributed by atoms with Crippen LogP contribution in [0.4, 0.5) is 4.39 Å². The van der Waals surface area contributed by atoms with Gasteiger partial charge in [0.15, 0.2) is 19.0 Å². The van der Waals surface area contributed by atoms with Crippen LogP contribution in [-0.2, 0) is 23.8 Å². The maximum atomic E-state index is 13.8. The minimum Gasteiger partial charge on any atom is -0.479 e. The molecule has 2 rings (SSSR count). The number of ether oxygens (including phenoxy) is 3. The molecule has 0 fully saturated rings. The molecule has 0 unspecified atom stereocenters. The van der Waals surface area contributed by atoms with Crippen LogP contribution in [0.2, 0.25) is 0 Å². The van der Waals surface area contributed by atoms with Crippen LogP contribution in [0.5, 0.6) is 0 Å². The lowest BCUT2D eigenvalue weighted by Gasteiger charge is -2.20. The molecule has 150 valence electrons. The third-order valence-corrected chi connectivity index (χ3v) is 3.75. The summed E-state index contributed by atoms with van der Waals surface area (Å²) in [6.07, 6.45) is -0.764. The molecule has 1 N–H and O–H groups in total. The monoisotopic (exact) mass is 391 g/mol. The van der Waals surface area contributed by atoms with Crippen LogP contribution in [-0.4, -0.2) is 34.9 Å². The molecule has 0 aliphatic rings. The largest absolute Gasteiger partial charge is 0.479 e. The molecule has 7 nitrogen and oxygen atoms in total. The molecule has 2 atom stereocenters. The highest BCUT2D eigenvalue weighted by atomic mass is 19.1. The fourth-order valence-corrected chi connectivity index (χ4v) is 2.41. The van der Waals surface area contributed by atoms with Gasteiger partial charge in [0.25, 0.3) is 0 Å². The van der Waals surface area contributed by atoms with Crippen LogP contribution in [0.25, 0.3) is 0 Å². The van der Waals surface area contributed by atoms with E-state index in [1.807, 2.05) is 19.1 Å². The average Bonchev–Trinajstić information content (AvgIpc) is 2.64. The molecule has 1 aromatic heterocycles. The van der Waals surface area contributed by atoms with E-state index in [1.54, 1.807) is 26.0 Å². The number of halogens is 1. The Balaban J connectivity index is 2.05. The number of carboxylic acid groups (broad SMARTS) is 1. The smallest absolute Gasteiger partial charge is 0.342 e. The maximum Gasteiger partial charge on any atom is 0.342 e. The van der Waals surface area contributed by atoms with Crippen molar-refractivity contribution in [3.05, 3.63) is 65.2 Å². The number of carbonyl (C=O) groups excluding carboxylic acids is 1. The van der Waals surface area contributed by atoms with Crippen LogP contribution in [0.1, 0.15) is 42.7 Å². The second kappa shape index (κ2) is 9.91. The van der Waals surface area contributed by atoms with Gasteiger partial charge in [-0.2, -0.15) is 0 Å². The van der Waals surface area contributed by atoms with Gasteiger partial charge in [-0.25, -0.2) is 14.0 Å². The molecule has 0 aliphatic carbocycles. The van der Waals surface area contributed by atoms with E-state index < -0.39 is 36.8 Å². The summed E-state index contributed by atoms with van der Waals surface area (Å²) in [5, 5.41) is 9.27.